The molecule has 1 aromatic heterocycles. The summed E-state index contributed by atoms with van der Waals surface area (Å²) in [6, 6.07) is 15.8. The van der Waals surface area contributed by atoms with Crippen molar-refractivity contribution in [3.63, 3.8) is 0 Å². The third-order valence-electron chi connectivity index (χ3n) is 6.08. The summed E-state index contributed by atoms with van der Waals surface area (Å²) in [5, 5.41) is 4.98. The van der Waals surface area contributed by atoms with Crippen molar-refractivity contribution >= 4 is 29.0 Å². The van der Waals surface area contributed by atoms with E-state index in [4.69, 9.17) is 0 Å². The van der Waals surface area contributed by atoms with Gasteiger partial charge < -0.3 is 15.1 Å². The molecule has 0 bridgehead atoms. The summed E-state index contributed by atoms with van der Waals surface area (Å²) in [7, 11) is 0. The number of hydrogen-bond donors (Lipinski definition) is 1. The van der Waals surface area contributed by atoms with Gasteiger partial charge in [-0.25, -0.2) is 9.18 Å². The van der Waals surface area contributed by atoms with Crippen LogP contribution in [0.4, 0.5) is 14.9 Å². The molecule has 34 heavy (non-hydrogen) atoms. The van der Waals surface area contributed by atoms with Gasteiger partial charge >= 0.3 is 6.03 Å². The van der Waals surface area contributed by atoms with Gasteiger partial charge in [0.15, 0.2) is 0 Å². The molecule has 0 saturated heterocycles. The third kappa shape index (κ3) is 6.23. The van der Waals surface area contributed by atoms with Gasteiger partial charge in [-0.15, -0.1) is 11.3 Å². The molecular formula is C27H30FN3O2S. The van der Waals surface area contributed by atoms with Crippen LogP contribution in [0, 0.1) is 12.7 Å². The lowest BCUT2D eigenvalue weighted by atomic mass is 10.1. The molecule has 0 aliphatic heterocycles. The van der Waals surface area contributed by atoms with E-state index in [9.17, 15) is 14.0 Å². The minimum atomic E-state index is -0.306. The van der Waals surface area contributed by atoms with Crippen LogP contribution in [-0.2, 0) is 24.3 Å². The maximum Gasteiger partial charge on any atom is 0.322 e. The van der Waals surface area contributed by atoms with E-state index >= 15 is 0 Å². The van der Waals surface area contributed by atoms with Crippen molar-refractivity contribution in [2.75, 3.05) is 11.9 Å². The van der Waals surface area contributed by atoms with Crippen LogP contribution in [0.25, 0.3) is 0 Å². The molecule has 0 spiro atoms. The molecule has 0 atom stereocenters. The quantitative estimate of drug-likeness (QED) is 0.410. The van der Waals surface area contributed by atoms with Crippen molar-refractivity contribution in [2.45, 2.75) is 52.2 Å². The molecule has 3 amide bonds. The lowest BCUT2D eigenvalue weighted by Gasteiger charge is -2.28. The van der Waals surface area contributed by atoms with Gasteiger partial charge in [0.25, 0.3) is 0 Å². The fraction of sp³-hybridized carbons (Fsp3) is 0.333. The average Bonchev–Trinajstić information content (AvgIpc) is 3.60. The number of nitrogens with one attached hydrogen (secondary N) is 1. The van der Waals surface area contributed by atoms with E-state index in [0.717, 1.165) is 46.5 Å². The maximum atomic E-state index is 13.5. The first-order valence-corrected chi connectivity index (χ1v) is 12.5. The Balaban J connectivity index is 1.49. The van der Waals surface area contributed by atoms with Gasteiger partial charge in [-0.2, -0.15) is 0 Å². The molecule has 178 valence electrons. The first-order valence-electron chi connectivity index (χ1n) is 11.6. The summed E-state index contributed by atoms with van der Waals surface area (Å²) < 4.78 is 13.4. The number of carbonyl (C=O) groups is 2. The molecular weight excluding hydrogens is 449 g/mol. The predicted octanol–water partition coefficient (Wildman–Crippen LogP) is 5.98. The number of halogens is 1. The van der Waals surface area contributed by atoms with Crippen LogP contribution in [0.1, 0.15) is 41.3 Å². The van der Waals surface area contributed by atoms with E-state index in [2.05, 4.69) is 12.2 Å². The second kappa shape index (κ2) is 10.8. The molecule has 0 unspecified atom stereocenters. The second-order valence-electron chi connectivity index (χ2n) is 8.75. The number of nitrogens with zero attached hydrogens (tertiary/aromatic N) is 2. The Bertz CT molecular complexity index is 1140. The summed E-state index contributed by atoms with van der Waals surface area (Å²) in [6.45, 7) is 4.92. The van der Waals surface area contributed by atoms with Crippen molar-refractivity contribution in [3.8, 4) is 0 Å². The molecule has 4 rings (SSSR count). The minimum Gasteiger partial charge on any atom is -0.332 e. The van der Waals surface area contributed by atoms with Gasteiger partial charge in [-0.05, 0) is 78.6 Å². The molecule has 2 aromatic carbocycles. The number of urea groups is 1. The van der Waals surface area contributed by atoms with Crippen LogP contribution in [0.5, 0.6) is 0 Å². The van der Waals surface area contributed by atoms with Crippen molar-refractivity contribution in [1.29, 1.82) is 0 Å². The molecule has 1 aliphatic carbocycles. The average molecular weight is 480 g/mol. The summed E-state index contributed by atoms with van der Waals surface area (Å²) >= 11 is 1.61. The van der Waals surface area contributed by atoms with Gasteiger partial charge in [-0.1, -0.05) is 31.2 Å². The van der Waals surface area contributed by atoms with Crippen LogP contribution in [0.3, 0.4) is 0 Å². The molecule has 1 heterocycles. The topological polar surface area (TPSA) is 52.7 Å². The Kier molecular flexibility index (Phi) is 7.63. The highest BCUT2D eigenvalue weighted by Crippen LogP contribution is 2.28. The van der Waals surface area contributed by atoms with Crippen LogP contribution in [0.15, 0.2) is 60.0 Å². The molecule has 0 radical (unpaired) electrons. The Hall–Kier alpha value is -3.19. The zero-order valence-corrected chi connectivity index (χ0v) is 20.4. The Morgan fingerprint density at radius 2 is 1.82 bits per heavy atom. The fourth-order valence-electron chi connectivity index (χ4n) is 3.84. The van der Waals surface area contributed by atoms with Gasteiger partial charge in [-0.3, -0.25) is 4.79 Å². The van der Waals surface area contributed by atoms with Crippen molar-refractivity contribution in [2.24, 2.45) is 0 Å². The lowest BCUT2D eigenvalue weighted by Crippen LogP contribution is -2.45. The van der Waals surface area contributed by atoms with Crippen molar-refractivity contribution in [3.05, 3.63) is 87.4 Å². The number of anilines is 1. The van der Waals surface area contributed by atoms with Gasteiger partial charge in [0.05, 0.1) is 6.54 Å². The Morgan fingerprint density at radius 1 is 1.06 bits per heavy atom. The Labute approximate surface area is 204 Å². The van der Waals surface area contributed by atoms with Crippen molar-refractivity contribution in [1.82, 2.24) is 9.80 Å². The van der Waals surface area contributed by atoms with E-state index in [0.29, 0.717) is 13.1 Å². The van der Waals surface area contributed by atoms with Crippen LogP contribution < -0.4 is 5.32 Å². The maximum absolute atomic E-state index is 13.5. The molecule has 7 heteroatoms. The number of thiophene rings is 1. The Morgan fingerprint density at radius 3 is 2.47 bits per heavy atom. The summed E-state index contributed by atoms with van der Waals surface area (Å²) in [5.74, 6) is -0.430. The van der Waals surface area contributed by atoms with E-state index in [-0.39, 0.29) is 30.3 Å². The third-order valence-corrected chi connectivity index (χ3v) is 7.09. The van der Waals surface area contributed by atoms with E-state index in [1.807, 2.05) is 42.6 Å². The molecule has 1 fully saturated rings. The molecule has 5 nitrogen and oxygen atoms in total. The van der Waals surface area contributed by atoms with E-state index in [1.54, 1.807) is 33.3 Å². The zero-order chi connectivity index (χ0) is 24.1. The second-order valence-corrected chi connectivity index (χ2v) is 9.75. The molecule has 3 aromatic rings. The van der Waals surface area contributed by atoms with Crippen LogP contribution >= 0.6 is 11.3 Å². The zero-order valence-electron chi connectivity index (χ0n) is 19.6. The molecule has 1 N–H and O–H groups in total. The van der Waals surface area contributed by atoms with E-state index in [1.165, 1.54) is 12.1 Å². The predicted molar refractivity (Wildman–Crippen MR) is 134 cm³/mol. The van der Waals surface area contributed by atoms with Crippen LogP contribution in [-0.4, -0.2) is 34.3 Å². The van der Waals surface area contributed by atoms with Crippen molar-refractivity contribution < 1.29 is 14.0 Å². The van der Waals surface area contributed by atoms with Crippen LogP contribution in [0.2, 0.25) is 0 Å². The number of carbonyl (C=O) groups excluding carboxylic acids is 2. The SMILES string of the molecule is CCc1cccc(NC(=O)N(CC(=O)N(Cc2ccc(F)cc2)Cc2sccc2C)C2CC2)c1. The lowest BCUT2D eigenvalue weighted by molar-refractivity contribution is -0.133. The largest absolute Gasteiger partial charge is 0.332 e. The summed E-state index contributed by atoms with van der Waals surface area (Å²) in [4.78, 5) is 31.1. The number of amides is 3. The smallest absolute Gasteiger partial charge is 0.322 e. The number of rotatable bonds is 9. The molecule has 1 saturated carbocycles. The van der Waals surface area contributed by atoms with Gasteiger partial charge in [0, 0.05) is 23.2 Å². The highest BCUT2D eigenvalue weighted by molar-refractivity contribution is 7.10. The highest BCUT2D eigenvalue weighted by atomic mass is 32.1. The molecule has 1 aliphatic rings. The fourth-order valence-corrected chi connectivity index (χ4v) is 4.77. The normalized spacial score (nSPS) is 12.9. The van der Waals surface area contributed by atoms with Gasteiger partial charge in [0.1, 0.15) is 12.4 Å². The first-order chi connectivity index (χ1) is 16.4. The summed E-state index contributed by atoms with van der Waals surface area (Å²) in [5.41, 5.74) is 3.86. The summed E-state index contributed by atoms with van der Waals surface area (Å²) in [6.07, 6.45) is 2.68. The van der Waals surface area contributed by atoms with Gasteiger partial charge in [0.2, 0.25) is 5.91 Å². The van der Waals surface area contributed by atoms with E-state index < -0.39 is 0 Å². The number of benzene rings is 2. The first kappa shape index (κ1) is 24.0. The monoisotopic (exact) mass is 479 g/mol. The number of aryl methyl sites for hydroxylation is 2. The highest BCUT2D eigenvalue weighted by Gasteiger charge is 2.35. The standard InChI is InChI=1S/C27H30FN3O2S/c1-3-20-5-4-6-23(15-20)29-27(33)31(24-11-12-24)18-26(32)30(17-25-19(2)13-14-34-25)16-21-7-9-22(28)10-8-21/h4-10,13-15,24H,3,11-12,16-18H2,1-2H3,(H,29,33). The number of hydrogen-bond acceptors (Lipinski definition) is 3. The minimum absolute atomic E-state index is 0.00951.